The number of nitro benzene ring substituents is 1. The highest BCUT2D eigenvalue weighted by Crippen LogP contribution is 2.28. The number of nitrogens with zero attached hydrogens (tertiary/aromatic N) is 1. The van der Waals surface area contributed by atoms with Crippen LogP contribution in [0.3, 0.4) is 0 Å². The van der Waals surface area contributed by atoms with Crippen molar-refractivity contribution in [1.82, 2.24) is 0 Å². The van der Waals surface area contributed by atoms with Gasteiger partial charge >= 0.3 is 6.18 Å². The lowest BCUT2D eigenvalue weighted by molar-refractivity contribution is -0.384. The molecule has 0 aromatic heterocycles. The van der Waals surface area contributed by atoms with E-state index < -0.39 is 23.6 Å². The molecular formula is C18H15F3N2O4. The number of rotatable bonds is 6. The monoisotopic (exact) mass is 380 g/mol. The van der Waals surface area contributed by atoms with E-state index in [1.54, 1.807) is 19.1 Å². The van der Waals surface area contributed by atoms with Gasteiger partial charge in [-0.25, -0.2) is 0 Å². The average molecular weight is 380 g/mol. The largest absolute Gasteiger partial charge is 0.482 e. The van der Waals surface area contributed by atoms with Crippen LogP contribution in [-0.2, 0) is 4.79 Å². The van der Waals surface area contributed by atoms with Gasteiger partial charge in [0.15, 0.2) is 6.61 Å². The van der Waals surface area contributed by atoms with Crippen LogP contribution in [0.2, 0.25) is 0 Å². The molecule has 2 aromatic carbocycles. The molecule has 1 amide bonds. The maximum Gasteiger partial charge on any atom is 0.422 e. The van der Waals surface area contributed by atoms with Crippen molar-refractivity contribution in [2.75, 3.05) is 11.9 Å². The Balaban J connectivity index is 2.11. The number of hydrogen-bond donors (Lipinski definition) is 1. The maximum absolute atomic E-state index is 12.4. The van der Waals surface area contributed by atoms with E-state index in [4.69, 9.17) is 4.74 Å². The molecule has 6 nitrogen and oxygen atoms in total. The third-order valence-corrected chi connectivity index (χ3v) is 3.29. The van der Waals surface area contributed by atoms with Gasteiger partial charge in [0.25, 0.3) is 5.69 Å². The Morgan fingerprint density at radius 3 is 2.67 bits per heavy atom. The fourth-order valence-electron chi connectivity index (χ4n) is 2.10. The lowest BCUT2D eigenvalue weighted by atomic mass is 10.2. The molecule has 2 aromatic rings. The lowest BCUT2D eigenvalue weighted by Gasteiger charge is -2.14. The maximum atomic E-state index is 12.4. The van der Waals surface area contributed by atoms with Crippen molar-refractivity contribution < 1.29 is 27.6 Å². The number of hydrogen-bond acceptors (Lipinski definition) is 4. The van der Waals surface area contributed by atoms with E-state index >= 15 is 0 Å². The third-order valence-electron chi connectivity index (χ3n) is 3.29. The molecule has 0 spiro atoms. The van der Waals surface area contributed by atoms with Crippen LogP contribution < -0.4 is 10.1 Å². The fraction of sp³-hybridized carbons (Fsp3) is 0.167. The first-order valence-corrected chi connectivity index (χ1v) is 7.68. The van der Waals surface area contributed by atoms with Gasteiger partial charge in [-0.2, -0.15) is 13.2 Å². The van der Waals surface area contributed by atoms with Crippen LogP contribution >= 0.6 is 0 Å². The van der Waals surface area contributed by atoms with Crippen molar-refractivity contribution >= 4 is 23.4 Å². The summed E-state index contributed by atoms with van der Waals surface area (Å²) in [6, 6.07) is 10.1. The molecule has 2 rings (SSSR count). The van der Waals surface area contributed by atoms with Crippen LogP contribution in [0.15, 0.2) is 48.5 Å². The first-order valence-electron chi connectivity index (χ1n) is 7.68. The van der Waals surface area contributed by atoms with Gasteiger partial charge in [0, 0.05) is 18.2 Å². The Kier molecular flexibility index (Phi) is 6.17. The van der Waals surface area contributed by atoms with Crippen LogP contribution in [0, 0.1) is 17.0 Å². The van der Waals surface area contributed by atoms with E-state index in [0.29, 0.717) is 11.1 Å². The summed E-state index contributed by atoms with van der Waals surface area (Å²) in [6.45, 7) is 0.192. The average Bonchev–Trinajstić information content (AvgIpc) is 2.59. The fourth-order valence-corrected chi connectivity index (χ4v) is 2.10. The number of non-ortho nitro benzene ring substituents is 1. The van der Waals surface area contributed by atoms with E-state index in [2.05, 4.69) is 5.32 Å². The number of aryl methyl sites for hydroxylation is 1. The van der Waals surface area contributed by atoms with Crippen LogP contribution in [0.4, 0.5) is 24.5 Å². The van der Waals surface area contributed by atoms with Gasteiger partial charge in [-0.3, -0.25) is 14.9 Å². The predicted octanol–water partition coefficient (Wildman–Crippen LogP) is 4.50. The number of anilines is 1. The molecular weight excluding hydrogens is 365 g/mol. The summed E-state index contributed by atoms with van der Waals surface area (Å²) < 4.78 is 41.8. The molecule has 0 saturated heterocycles. The number of nitrogens with one attached hydrogen (secondary N) is 1. The molecule has 9 heteroatoms. The number of carbonyl (C=O) groups excluding carboxylic acids is 1. The van der Waals surface area contributed by atoms with Crippen molar-refractivity contribution in [3.63, 3.8) is 0 Å². The van der Waals surface area contributed by atoms with E-state index in [9.17, 15) is 28.1 Å². The molecule has 27 heavy (non-hydrogen) atoms. The highest BCUT2D eigenvalue weighted by molar-refractivity contribution is 6.02. The number of ether oxygens (including phenoxy) is 1. The SMILES string of the molecule is Cc1ccc(NC(=O)C=Cc2cccc([N+](=O)[O-])c2)c(OCC(F)(F)F)c1. The molecule has 0 heterocycles. The number of benzene rings is 2. The highest BCUT2D eigenvalue weighted by atomic mass is 19.4. The Bertz CT molecular complexity index is 879. The first-order chi connectivity index (χ1) is 12.6. The molecule has 0 fully saturated rings. The van der Waals surface area contributed by atoms with Crippen molar-refractivity contribution in [3.05, 3.63) is 69.8 Å². The van der Waals surface area contributed by atoms with Crippen LogP contribution in [0.25, 0.3) is 6.08 Å². The summed E-state index contributed by atoms with van der Waals surface area (Å²) in [6.07, 6.45) is -2.04. The molecule has 0 aliphatic heterocycles. The third kappa shape index (κ3) is 6.46. The van der Waals surface area contributed by atoms with Crippen molar-refractivity contribution in [2.24, 2.45) is 0 Å². The van der Waals surface area contributed by atoms with Gasteiger partial charge in [-0.15, -0.1) is 0 Å². The molecule has 0 radical (unpaired) electrons. The Hall–Kier alpha value is -3.36. The zero-order valence-corrected chi connectivity index (χ0v) is 14.1. The summed E-state index contributed by atoms with van der Waals surface area (Å²) >= 11 is 0. The number of alkyl halides is 3. The number of amides is 1. The second kappa shape index (κ2) is 8.35. The van der Waals surface area contributed by atoms with E-state index in [-0.39, 0.29) is 17.1 Å². The zero-order chi connectivity index (χ0) is 20.0. The lowest BCUT2D eigenvalue weighted by Crippen LogP contribution is -2.20. The quantitative estimate of drug-likeness (QED) is 0.455. The van der Waals surface area contributed by atoms with Gasteiger partial charge in [-0.05, 0) is 36.3 Å². The standard InChI is InChI=1S/C18H15F3N2O4/c1-12-5-7-15(16(9-12)27-11-18(19,20)21)22-17(24)8-6-13-3-2-4-14(10-13)23(25)26/h2-10H,11H2,1H3,(H,22,24). The normalized spacial score (nSPS) is 11.4. The van der Waals surface area contributed by atoms with Crippen LogP contribution in [0.5, 0.6) is 5.75 Å². The minimum absolute atomic E-state index is 0.0820. The molecule has 0 unspecified atom stereocenters. The molecule has 0 bridgehead atoms. The number of carbonyl (C=O) groups is 1. The highest BCUT2D eigenvalue weighted by Gasteiger charge is 2.29. The van der Waals surface area contributed by atoms with Gasteiger partial charge in [0.05, 0.1) is 10.6 Å². The smallest absolute Gasteiger partial charge is 0.422 e. The molecule has 0 atom stereocenters. The Labute approximate surface area is 152 Å². The van der Waals surface area contributed by atoms with Crippen LogP contribution in [-0.4, -0.2) is 23.6 Å². The van der Waals surface area contributed by atoms with Gasteiger partial charge in [0.2, 0.25) is 5.91 Å². The molecule has 1 N–H and O–H groups in total. The summed E-state index contributed by atoms with van der Waals surface area (Å²) in [5.74, 6) is -0.730. The minimum Gasteiger partial charge on any atom is -0.482 e. The zero-order valence-electron chi connectivity index (χ0n) is 14.1. The van der Waals surface area contributed by atoms with Crippen LogP contribution in [0.1, 0.15) is 11.1 Å². The second-order valence-corrected chi connectivity index (χ2v) is 5.58. The summed E-state index contributed by atoms with van der Waals surface area (Å²) in [5, 5.41) is 13.2. The van der Waals surface area contributed by atoms with Crippen molar-refractivity contribution in [3.8, 4) is 5.75 Å². The predicted molar refractivity (Wildman–Crippen MR) is 93.5 cm³/mol. The first kappa shape index (κ1) is 20.0. The summed E-state index contributed by atoms with van der Waals surface area (Å²) in [5.41, 5.74) is 1.05. The van der Waals surface area contributed by atoms with Crippen molar-refractivity contribution in [2.45, 2.75) is 13.1 Å². The van der Waals surface area contributed by atoms with Crippen molar-refractivity contribution in [1.29, 1.82) is 0 Å². The number of halogens is 3. The molecule has 0 saturated carbocycles. The topological polar surface area (TPSA) is 81.5 Å². The van der Waals surface area contributed by atoms with E-state index in [0.717, 1.165) is 6.08 Å². The molecule has 0 aliphatic carbocycles. The second-order valence-electron chi connectivity index (χ2n) is 5.58. The van der Waals surface area contributed by atoms with E-state index in [1.807, 2.05) is 0 Å². The minimum atomic E-state index is -4.51. The summed E-state index contributed by atoms with van der Waals surface area (Å²) in [7, 11) is 0. The molecule has 142 valence electrons. The van der Waals surface area contributed by atoms with Gasteiger partial charge in [0.1, 0.15) is 5.75 Å². The summed E-state index contributed by atoms with van der Waals surface area (Å²) in [4.78, 5) is 22.2. The van der Waals surface area contributed by atoms with Gasteiger partial charge < -0.3 is 10.1 Å². The molecule has 0 aliphatic rings. The Morgan fingerprint density at radius 2 is 2.00 bits per heavy atom. The number of nitro groups is 1. The Morgan fingerprint density at radius 1 is 1.26 bits per heavy atom. The van der Waals surface area contributed by atoms with E-state index in [1.165, 1.54) is 36.4 Å². The van der Waals surface area contributed by atoms with Gasteiger partial charge in [-0.1, -0.05) is 18.2 Å².